The largest absolute Gasteiger partial charge is 0.389 e. The zero-order chi connectivity index (χ0) is 12.1. The lowest BCUT2D eigenvalue weighted by molar-refractivity contribution is 0.199. The number of halogens is 1. The van der Waals surface area contributed by atoms with Crippen LogP contribution in [0.1, 0.15) is 18.6 Å². The molecule has 0 saturated carbocycles. The summed E-state index contributed by atoms with van der Waals surface area (Å²) in [6, 6.07) is 5.71. The molecule has 0 radical (unpaired) electrons. The fraction of sp³-hybridized carbons (Fsp3) is 0.500. The summed E-state index contributed by atoms with van der Waals surface area (Å²) in [4.78, 5) is 2.13. The van der Waals surface area contributed by atoms with Gasteiger partial charge in [0.25, 0.3) is 0 Å². The van der Waals surface area contributed by atoms with E-state index in [0.717, 1.165) is 23.5 Å². The first kappa shape index (κ1) is 13.7. The molecular formula is C12H18ClNOS. The van der Waals surface area contributed by atoms with Crippen LogP contribution in [0.2, 0.25) is 5.02 Å². The fourth-order valence-electron chi connectivity index (χ4n) is 1.44. The Kier molecular flexibility index (Phi) is 5.46. The number of aliphatic hydroxyl groups is 1. The monoisotopic (exact) mass is 259 g/mol. The molecule has 0 saturated heterocycles. The van der Waals surface area contributed by atoms with E-state index in [-0.39, 0.29) is 0 Å². The first-order chi connectivity index (χ1) is 7.56. The Morgan fingerprint density at radius 1 is 1.50 bits per heavy atom. The summed E-state index contributed by atoms with van der Waals surface area (Å²) in [6.45, 7) is 2.71. The molecule has 0 aliphatic carbocycles. The lowest BCUT2D eigenvalue weighted by Gasteiger charge is -2.21. The summed E-state index contributed by atoms with van der Waals surface area (Å²) < 4.78 is 0. The first-order valence-electron chi connectivity index (χ1n) is 5.24. The van der Waals surface area contributed by atoms with E-state index in [1.807, 2.05) is 37.0 Å². The molecule has 0 aliphatic heterocycles. The van der Waals surface area contributed by atoms with E-state index in [1.54, 1.807) is 6.92 Å². The van der Waals surface area contributed by atoms with Crippen LogP contribution < -0.4 is 4.90 Å². The van der Waals surface area contributed by atoms with Crippen LogP contribution in [0.15, 0.2) is 18.2 Å². The van der Waals surface area contributed by atoms with Gasteiger partial charge in [0.1, 0.15) is 0 Å². The molecule has 1 atom stereocenters. The van der Waals surface area contributed by atoms with Crippen molar-refractivity contribution in [3.05, 3.63) is 28.8 Å². The van der Waals surface area contributed by atoms with Gasteiger partial charge in [-0.05, 0) is 30.9 Å². The molecular weight excluding hydrogens is 242 g/mol. The molecule has 0 fully saturated rings. The molecule has 1 aromatic rings. The number of nitrogens with zero attached hydrogens (tertiary/aromatic N) is 1. The van der Waals surface area contributed by atoms with Crippen LogP contribution in [0.5, 0.6) is 0 Å². The molecule has 0 amide bonds. The minimum atomic E-state index is -0.469. The summed E-state index contributed by atoms with van der Waals surface area (Å²) in [6.07, 6.45) is 1.62. The molecule has 0 heterocycles. The maximum atomic E-state index is 9.44. The molecule has 0 unspecified atom stereocenters. The molecule has 16 heavy (non-hydrogen) atoms. The molecule has 0 spiro atoms. The third-order valence-corrected chi connectivity index (χ3v) is 3.39. The van der Waals surface area contributed by atoms with Gasteiger partial charge in [0.05, 0.1) is 16.8 Å². The Morgan fingerprint density at radius 2 is 2.19 bits per heavy atom. The van der Waals surface area contributed by atoms with Crippen molar-refractivity contribution in [3.63, 3.8) is 0 Å². The van der Waals surface area contributed by atoms with Crippen LogP contribution in [0.25, 0.3) is 0 Å². The van der Waals surface area contributed by atoms with E-state index < -0.39 is 6.10 Å². The highest BCUT2D eigenvalue weighted by molar-refractivity contribution is 7.98. The SMILES string of the molecule is CSCCN(C)c1ccc([C@H](C)O)cc1Cl. The van der Waals surface area contributed by atoms with Crippen LogP contribution in [0, 0.1) is 0 Å². The zero-order valence-electron chi connectivity index (χ0n) is 9.90. The quantitative estimate of drug-likeness (QED) is 0.879. The van der Waals surface area contributed by atoms with Gasteiger partial charge in [0.2, 0.25) is 0 Å². The summed E-state index contributed by atoms with van der Waals surface area (Å²) in [7, 11) is 2.03. The van der Waals surface area contributed by atoms with Crippen molar-refractivity contribution in [2.45, 2.75) is 13.0 Å². The standard InChI is InChI=1S/C12H18ClNOS/c1-9(15)10-4-5-12(11(13)8-10)14(2)6-7-16-3/h4-5,8-9,15H,6-7H2,1-3H3/t9-/m0/s1. The van der Waals surface area contributed by atoms with Gasteiger partial charge >= 0.3 is 0 Å². The van der Waals surface area contributed by atoms with E-state index in [2.05, 4.69) is 11.2 Å². The Morgan fingerprint density at radius 3 is 2.69 bits per heavy atom. The summed E-state index contributed by atoms with van der Waals surface area (Å²) in [5.41, 5.74) is 1.87. The Labute approximate surface area is 107 Å². The second-order valence-electron chi connectivity index (χ2n) is 3.80. The van der Waals surface area contributed by atoms with Crippen molar-refractivity contribution < 1.29 is 5.11 Å². The smallest absolute Gasteiger partial charge is 0.0762 e. The molecule has 1 aromatic carbocycles. The fourth-order valence-corrected chi connectivity index (χ4v) is 2.23. The maximum absolute atomic E-state index is 9.44. The van der Waals surface area contributed by atoms with Gasteiger partial charge in [0, 0.05) is 19.3 Å². The van der Waals surface area contributed by atoms with Gasteiger partial charge in [0.15, 0.2) is 0 Å². The number of hydrogen-bond donors (Lipinski definition) is 1. The third-order valence-electron chi connectivity index (χ3n) is 2.50. The number of anilines is 1. The van der Waals surface area contributed by atoms with Gasteiger partial charge in [-0.15, -0.1) is 0 Å². The number of thioether (sulfide) groups is 1. The van der Waals surface area contributed by atoms with Crippen molar-refractivity contribution in [2.24, 2.45) is 0 Å². The van der Waals surface area contributed by atoms with E-state index in [9.17, 15) is 5.11 Å². The average Bonchev–Trinajstić information content (AvgIpc) is 2.25. The number of benzene rings is 1. The Bertz CT molecular complexity index is 344. The maximum Gasteiger partial charge on any atom is 0.0762 e. The van der Waals surface area contributed by atoms with Crippen LogP contribution in [-0.4, -0.2) is 30.7 Å². The van der Waals surface area contributed by atoms with Crippen LogP contribution in [0.3, 0.4) is 0 Å². The van der Waals surface area contributed by atoms with Gasteiger partial charge in [-0.1, -0.05) is 17.7 Å². The van der Waals surface area contributed by atoms with Gasteiger partial charge < -0.3 is 10.0 Å². The van der Waals surface area contributed by atoms with Crippen molar-refractivity contribution in [2.75, 3.05) is 30.5 Å². The summed E-state index contributed by atoms with van der Waals surface area (Å²) in [5.74, 6) is 1.07. The first-order valence-corrected chi connectivity index (χ1v) is 7.01. The van der Waals surface area contributed by atoms with Crippen LogP contribution >= 0.6 is 23.4 Å². The molecule has 0 bridgehead atoms. The number of hydrogen-bond acceptors (Lipinski definition) is 3. The zero-order valence-corrected chi connectivity index (χ0v) is 11.5. The third kappa shape index (κ3) is 3.58. The lowest BCUT2D eigenvalue weighted by Crippen LogP contribution is -2.20. The molecule has 0 aliphatic rings. The highest BCUT2D eigenvalue weighted by atomic mass is 35.5. The minimum Gasteiger partial charge on any atom is -0.389 e. The van der Waals surface area contributed by atoms with Crippen molar-refractivity contribution in [1.82, 2.24) is 0 Å². The lowest BCUT2D eigenvalue weighted by atomic mass is 10.1. The summed E-state index contributed by atoms with van der Waals surface area (Å²) >= 11 is 8.00. The molecule has 4 heteroatoms. The van der Waals surface area contributed by atoms with Crippen molar-refractivity contribution in [3.8, 4) is 0 Å². The van der Waals surface area contributed by atoms with Gasteiger partial charge in [-0.3, -0.25) is 0 Å². The normalized spacial score (nSPS) is 12.6. The van der Waals surface area contributed by atoms with Crippen molar-refractivity contribution in [1.29, 1.82) is 0 Å². The van der Waals surface area contributed by atoms with Crippen molar-refractivity contribution >= 4 is 29.1 Å². The topological polar surface area (TPSA) is 23.5 Å². The van der Waals surface area contributed by atoms with Gasteiger partial charge in [-0.2, -0.15) is 11.8 Å². The second kappa shape index (κ2) is 6.38. The number of rotatable bonds is 5. The van der Waals surface area contributed by atoms with E-state index >= 15 is 0 Å². The van der Waals surface area contributed by atoms with E-state index in [4.69, 9.17) is 11.6 Å². The van der Waals surface area contributed by atoms with Gasteiger partial charge in [-0.25, -0.2) is 0 Å². The Balaban J connectivity index is 2.81. The Hall–Kier alpha value is -0.380. The molecule has 0 aromatic heterocycles. The van der Waals surface area contributed by atoms with Crippen LogP contribution in [0.4, 0.5) is 5.69 Å². The molecule has 1 rings (SSSR count). The molecule has 90 valence electrons. The van der Waals surface area contributed by atoms with E-state index in [0.29, 0.717) is 5.02 Å². The highest BCUT2D eigenvalue weighted by Crippen LogP contribution is 2.28. The minimum absolute atomic E-state index is 0.469. The van der Waals surface area contributed by atoms with E-state index in [1.165, 1.54) is 0 Å². The second-order valence-corrected chi connectivity index (χ2v) is 5.19. The average molecular weight is 260 g/mol. The highest BCUT2D eigenvalue weighted by Gasteiger charge is 2.08. The van der Waals surface area contributed by atoms with Crippen LogP contribution in [-0.2, 0) is 0 Å². The molecule has 2 nitrogen and oxygen atoms in total. The predicted octanol–water partition coefficient (Wildman–Crippen LogP) is 3.19. The number of aliphatic hydroxyl groups excluding tert-OH is 1. The summed E-state index contributed by atoms with van der Waals surface area (Å²) in [5, 5.41) is 10.1. The molecule has 1 N–H and O–H groups in total. The predicted molar refractivity (Wildman–Crippen MR) is 73.7 cm³/mol.